The third-order valence-electron chi connectivity index (χ3n) is 6.01. The normalized spacial score (nSPS) is 13.6. The third kappa shape index (κ3) is 5.46. The number of fused-ring (bicyclic) bond motifs is 1. The van der Waals surface area contributed by atoms with Crippen molar-refractivity contribution in [3.8, 4) is 0 Å². The fourth-order valence-corrected chi connectivity index (χ4v) is 5.38. The van der Waals surface area contributed by atoms with Crippen LogP contribution in [0.5, 0.6) is 0 Å². The molecule has 0 aliphatic carbocycles. The SMILES string of the molecule is CN(C)C(CNC(=O)c1ccccc1SCC(=O)N1CCc2ccccc21)c1ccccc1Cl. The molecule has 1 N–H and O–H groups in total. The first-order valence-corrected chi connectivity index (χ1v) is 12.6. The van der Waals surface area contributed by atoms with Crippen LogP contribution < -0.4 is 10.2 Å². The number of nitrogens with zero attached hydrogens (tertiary/aromatic N) is 2. The number of rotatable bonds is 8. The number of halogens is 1. The van der Waals surface area contributed by atoms with Crippen molar-refractivity contribution >= 4 is 40.9 Å². The van der Waals surface area contributed by atoms with E-state index in [0.29, 0.717) is 23.7 Å². The zero-order valence-corrected chi connectivity index (χ0v) is 20.9. The lowest BCUT2D eigenvalue weighted by molar-refractivity contribution is -0.116. The van der Waals surface area contributed by atoms with Gasteiger partial charge in [-0.05, 0) is 55.9 Å². The molecule has 4 rings (SSSR count). The second-order valence-electron chi connectivity index (χ2n) is 8.42. The van der Waals surface area contributed by atoms with Crippen molar-refractivity contribution in [3.05, 3.63) is 94.5 Å². The molecule has 3 aromatic rings. The van der Waals surface area contributed by atoms with E-state index in [2.05, 4.69) is 11.4 Å². The number of anilines is 1. The molecule has 0 spiro atoms. The molecule has 1 aliphatic rings. The highest BCUT2D eigenvalue weighted by molar-refractivity contribution is 8.00. The van der Waals surface area contributed by atoms with Gasteiger partial charge in [0.15, 0.2) is 0 Å². The number of likely N-dealkylation sites (N-methyl/N-ethyl adjacent to an activating group) is 1. The number of para-hydroxylation sites is 1. The molecule has 176 valence electrons. The smallest absolute Gasteiger partial charge is 0.252 e. The Labute approximate surface area is 210 Å². The maximum Gasteiger partial charge on any atom is 0.252 e. The van der Waals surface area contributed by atoms with Crippen LogP contribution >= 0.6 is 23.4 Å². The summed E-state index contributed by atoms with van der Waals surface area (Å²) >= 11 is 7.80. The van der Waals surface area contributed by atoms with Crippen molar-refractivity contribution in [1.82, 2.24) is 10.2 Å². The summed E-state index contributed by atoms with van der Waals surface area (Å²) in [5, 5.41) is 3.73. The minimum absolute atomic E-state index is 0.0524. The Morgan fingerprint density at radius 1 is 1.03 bits per heavy atom. The molecular weight excluding hydrogens is 466 g/mol. The van der Waals surface area contributed by atoms with Crippen LogP contribution in [-0.2, 0) is 11.2 Å². The lowest BCUT2D eigenvalue weighted by atomic mass is 10.1. The maximum absolute atomic E-state index is 13.1. The average Bonchev–Trinajstić information content (AvgIpc) is 3.28. The molecule has 1 atom stereocenters. The van der Waals surface area contributed by atoms with Crippen LogP contribution in [0.25, 0.3) is 0 Å². The predicted octanol–water partition coefficient (Wildman–Crippen LogP) is 5.05. The first-order valence-electron chi connectivity index (χ1n) is 11.2. The molecular formula is C27H28ClN3O2S. The van der Waals surface area contributed by atoms with Gasteiger partial charge in [0.2, 0.25) is 5.91 Å². The van der Waals surface area contributed by atoms with Crippen LogP contribution in [0.3, 0.4) is 0 Å². The highest BCUT2D eigenvalue weighted by atomic mass is 35.5. The second kappa shape index (κ2) is 11.1. The lowest BCUT2D eigenvalue weighted by Gasteiger charge is -2.26. The fraction of sp³-hybridized carbons (Fsp3) is 0.259. The Balaban J connectivity index is 1.41. The zero-order valence-electron chi connectivity index (χ0n) is 19.3. The molecule has 0 radical (unpaired) electrons. The Hall–Kier alpha value is -2.80. The third-order valence-corrected chi connectivity index (χ3v) is 7.42. The van der Waals surface area contributed by atoms with Gasteiger partial charge in [-0.25, -0.2) is 0 Å². The highest BCUT2D eigenvalue weighted by Crippen LogP contribution is 2.30. The van der Waals surface area contributed by atoms with Gasteiger partial charge in [-0.3, -0.25) is 9.59 Å². The molecule has 1 heterocycles. The summed E-state index contributed by atoms with van der Waals surface area (Å²) < 4.78 is 0. The Morgan fingerprint density at radius 2 is 1.74 bits per heavy atom. The summed E-state index contributed by atoms with van der Waals surface area (Å²) in [5.74, 6) is 0.163. The molecule has 3 aromatic carbocycles. The van der Waals surface area contributed by atoms with Gasteiger partial charge in [-0.1, -0.05) is 60.1 Å². The summed E-state index contributed by atoms with van der Waals surface area (Å²) in [4.78, 5) is 30.7. The number of benzene rings is 3. The molecule has 34 heavy (non-hydrogen) atoms. The van der Waals surface area contributed by atoms with E-state index in [1.165, 1.54) is 17.3 Å². The number of hydrogen-bond acceptors (Lipinski definition) is 4. The van der Waals surface area contributed by atoms with Crippen molar-refractivity contribution in [2.45, 2.75) is 17.4 Å². The predicted molar refractivity (Wildman–Crippen MR) is 140 cm³/mol. The summed E-state index contributed by atoms with van der Waals surface area (Å²) in [7, 11) is 3.93. The number of thioether (sulfide) groups is 1. The van der Waals surface area contributed by atoms with Gasteiger partial charge in [-0.15, -0.1) is 11.8 Å². The molecule has 2 amide bonds. The van der Waals surface area contributed by atoms with Gasteiger partial charge < -0.3 is 15.1 Å². The van der Waals surface area contributed by atoms with Crippen molar-refractivity contribution < 1.29 is 9.59 Å². The van der Waals surface area contributed by atoms with Crippen LogP contribution in [0.15, 0.2) is 77.7 Å². The minimum atomic E-state index is -0.166. The van der Waals surface area contributed by atoms with E-state index in [1.54, 1.807) is 6.07 Å². The van der Waals surface area contributed by atoms with Gasteiger partial charge in [0.05, 0.1) is 17.4 Å². The molecule has 5 nitrogen and oxygen atoms in total. The van der Waals surface area contributed by atoms with Gasteiger partial charge in [0.1, 0.15) is 0 Å². The molecule has 1 unspecified atom stereocenters. The minimum Gasteiger partial charge on any atom is -0.350 e. The van der Waals surface area contributed by atoms with Crippen LogP contribution in [0.4, 0.5) is 5.69 Å². The van der Waals surface area contributed by atoms with E-state index in [1.807, 2.05) is 84.6 Å². The highest BCUT2D eigenvalue weighted by Gasteiger charge is 2.25. The monoisotopic (exact) mass is 493 g/mol. The van der Waals surface area contributed by atoms with E-state index < -0.39 is 0 Å². The summed E-state index contributed by atoms with van der Waals surface area (Å²) in [6.45, 7) is 1.12. The van der Waals surface area contributed by atoms with Crippen molar-refractivity contribution in [3.63, 3.8) is 0 Å². The van der Waals surface area contributed by atoms with Gasteiger partial charge in [0.25, 0.3) is 5.91 Å². The first kappa shape index (κ1) is 24.3. The molecule has 7 heteroatoms. The Kier molecular flexibility index (Phi) is 7.93. The van der Waals surface area contributed by atoms with E-state index >= 15 is 0 Å². The van der Waals surface area contributed by atoms with E-state index in [-0.39, 0.29) is 23.6 Å². The molecule has 0 saturated heterocycles. The van der Waals surface area contributed by atoms with E-state index in [9.17, 15) is 9.59 Å². The average molecular weight is 494 g/mol. The Bertz CT molecular complexity index is 1180. The number of nitrogens with one attached hydrogen (secondary N) is 1. The van der Waals surface area contributed by atoms with Crippen LogP contribution in [0.2, 0.25) is 5.02 Å². The van der Waals surface area contributed by atoms with Crippen molar-refractivity contribution in [1.29, 1.82) is 0 Å². The number of carbonyl (C=O) groups excluding carboxylic acids is 2. The van der Waals surface area contributed by atoms with Crippen LogP contribution in [-0.4, -0.2) is 49.7 Å². The summed E-state index contributed by atoms with van der Waals surface area (Å²) in [6.07, 6.45) is 0.879. The zero-order chi connectivity index (χ0) is 24.1. The molecule has 0 saturated carbocycles. The van der Waals surface area contributed by atoms with Gasteiger partial charge in [0, 0.05) is 28.7 Å². The topological polar surface area (TPSA) is 52.7 Å². The lowest BCUT2D eigenvalue weighted by Crippen LogP contribution is -2.35. The summed E-state index contributed by atoms with van der Waals surface area (Å²) in [6, 6.07) is 23.1. The summed E-state index contributed by atoms with van der Waals surface area (Å²) in [5.41, 5.74) is 3.73. The number of amides is 2. The second-order valence-corrected chi connectivity index (χ2v) is 9.84. The Morgan fingerprint density at radius 3 is 2.53 bits per heavy atom. The van der Waals surface area contributed by atoms with E-state index in [4.69, 9.17) is 11.6 Å². The van der Waals surface area contributed by atoms with Crippen LogP contribution in [0, 0.1) is 0 Å². The number of carbonyl (C=O) groups is 2. The first-order chi connectivity index (χ1) is 16.5. The van der Waals surface area contributed by atoms with Crippen molar-refractivity contribution in [2.24, 2.45) is 0 Å². The van der Waals surface area contributed by atoms with Crippen molar-refractivity contribution in [2.75, 3.05) is 37.8 Å². The van der Waals surface area contributed by atoms with E-state index in [0.717, 1.165) is 22.6 Å². The largest absolute Gasteiger partial charge is 0.350 e. The standard InChI is InChI=1S/C27H28ClN3O2S/c1-30(2)24(20-10-4-6-12-22(20)28)17-29-27(33)21-11-5-8-14-25(21)34-18-26(32)31-16-15-19-9-3-7-13-23(19)31/h3-14,24H,15-18H2,1-2H3,(H,29,33). The maximum atomic E-state index is 13.1. The molecule has 0 aromatic heterocycles. The van der Waals surface area contributed by atoms with Gasteiger partial charge >= 0.3 is 0 Å². The van der Waals surface area contributed by atoms with Crippen LogP contribution in [0.1, 0.15) is 27.5 Å². The number of hydrogen-bond donors (Lipinski definition) is 1. The van der Waals surface area contributed by atoms with Gasteiger partial charge in [-0.2, -0.15) is 0 Å². The quantitative estimate of drug-likeness (QED) is 0.446. The molecule has 0 fully saturated rings. The molecule has 1 aliphatic heterocycles. The fourth-order valence-electron chi connectivity index (χ4n) is 4.20. The molecule has 0 bridgehead atoms.